The average molecular weight is 228 g/mol. The first kappa shape index (κ1) is 13.5. The summed E-state index contributed by atoms with van der Waals surface area (Å²) >= 11 is 0. The summed E-state index contributed by atoms with van der Waals surface area (Å²) in [6.07, 6.45) is 3.45. The minimum Gasteiger partial charge on any atom is -0.414 e. The molecule has 0 spiro atoms. The molecule has 0 aliphatic carbocycles. The minimum absolute atomic E-state index is 0.0675. The number of hydrogen-bond donors (Lipinski definition) is 0. The highest BCUT2D eigenvalue weighted by Gasteiger charge is 2.39. The van der Waals surface area contributed by atoms with Crippen molar-refractivity contribution in [2.75, 3.05) is 20.1 Å². The number of likely N-dealkylation sites (tertiary alicyclic amines) is 1. The maximum absolute atomic E-state index is 12.1. The first-order chi connectivity index (χ1) is 7.27. The van der Waals surface area contributed by atoms with Crippen LogP contribution in [0.4, 0.5) is 4.79 Å². The van der Waals surface area contributed by atoms with E-state index in [2.05, 4.69) is 6.92 Å². The van der Waals surface area contributed by atoms with E-state index in [4.69, 9.17) is 4.74 Å². The first-order valence-corrected chi connectivity index (χ1v) is 6.35. The zero-order chi connectivity index (χ0) is 12.4. The van der Waals surface area contributed by atoms with E-state index in [1.165, 1.54) is 6.42 Å². The lowest BCUT2D eigenvalue weighted by molar-refractivity contribution is -0.845. The molecule has 0 aromatic heterocycles. The van der Waals surface area contributed by atoms with Crippen LogP contribution in [0.3, 0.4) is 0 Å². The molecule has 1 aliphatic heterocycles. The van der Waals surface area contributed by atoms with Crippen LogP contribution in [0.1, 0.15) is 47.0 Å². The molecule has 94 valence electrons. The molecule has 1 heterocycles. The van der Waals surface area contributed by atoms with Crippen LogP contribution >= 0.6 is 0 Å². The molecule has 1 aliphatic rings. The van der Waals surface area contributed by atoms with Gasteiger partial charge in [0.05, 0.1) is 20.1 Å². The highest BCUT2D eigenvalue weighted by Crippen LogP contribution is 2.26. The molecule has 1 fully saturated rings. The van der Waals surface area contributed by atoms with Crippen LogP contribution < -0.4 is 0 Å². The van der Waals surface area contributed by atoms with Gasteiger partial charge in [0.25, 0.3) is 0 Å². The number of nitrogens with zero attached hydrogens (tertiary/aromatic N) is 1. The molecular formula is C13H26NO2+. The molecule has 3 nitrogen and oxygen atoms in total. The van der Waals surface area contributed by atoms with Crippen LogP contribution in [0.25, 0.3) is 0 Å². The number of ether oxygens (including phenoxy) is 1. The van der Waals surface area contributed by atoms with Crippen molar-refractivity contribution in [1.29, 1.82) is 0 Å². The van der Waals surface area contributed by atoms with Crippen molar-refractivity contribution in [2.24, 2.45) is 5.92 Å². The molecule has 0 atom stereocenters. The molecule has 0 unspecified atom stereocenters. The van der Waals surface area contributed by atoms with Crippen LogP contribution in [0.2, 0.25) is 0 Å². The van der Waals surface area contributed by atoms with E-state index in [-0.39, 0.29) is 11.7 Å². The Morgan fingerprint density at radius 2 is 1.81 bits per heavy atom. The molecule has 3 heteroatoms. The first-order valence-electron chi connectivity index (χ1n) is 6.35. The second kappa shape index (κ2) is 4.74. The Bertz CT molecular complexity index is 247. The van der Waals surface area contributed by atoms with Gasteiger partial charge in [-0.1, -0.05) is 13.3 Å². The molecule has 0 bridgehead atoms. The van der Waals surface area contributed by atoms with E-state index in [1.807, 2.05) is 27.8 Å². The van der Waals surface area contributed by atoms with Gasteiger partial charge in [0.2, 0.25) is 0 Å². The van der Waals surface area contributed by atoms with Crippen molar-refractivity contribution in [3.05, 3.63) is 0 Å². The van der Waals surface area contributed by atoms with Crippen LogP contribution in [0.5, 0.6) is 0 Å². The van der Waals surface area contributed by atoms with Gasteiger partial charge in [0.1, 0.15) is 5.60 Å². The zero-order valence-electron chi connectivity index (χ0n) is 11.4. The van der Waals surface area contributed by atoms with Gasteiger partial charge in [-0.25, -0.2) is 4.48 Å². The summed E-state index contributed by atoms with van der Waals surface area (Å²) in [6, 6.07) is 0. The molecular weight excluding hydrogens is 202 g/mol. The minimum atomic E-state index is -0.375. The van der Waals surface area contributed by atoms with Gasteiger partial charge in [-0.05, 0) is 26.7 Å². The van der Waals surface area contributed by atoms with E-state index >= 15 is 0 Å². The lowest BCUT2D eigenvalue weighted by atomic mass is 9.93. The number of carbonyl (C=O) groups is 1. The van der Waals surface area contributed by atoms with E-state index in [1.54, 1.807) is 0 Å². The Morgan fingerprint density at radius 1 is 1.31 bits per heavy atom. The third kappa shape index (κ3) is 3.48. The summed E-state index contributed by atoms with van der Waals surface area (Å²) in [7, 11) is 2.00. The predicted molar refractivity (Wildman–Crippen MR) is 65.2 cm³/mol. The Labute approximate surface area is 99.4 Å². The number of carbonyl (C=O) groups excluding carboxylic acids is 1. The van der Waals surface area contributed by atoms with Crippen molar-refractivity contribution >= 4 is 6.09 Å². The molecule has 0 aromatic rings. The normalized spacial score (nSPS) is 31.2. The summed E-state index contributed by atoms with van der Waals surface area (Å²) in [6.45, 7) is 9.86. The summed E-state index contributed by atoms with van der Waals surface area (Å²) < 4.78 is 5.93. The van der Waals surface area contributed by atoms with Crippen molar-refractivity contribution in [3.8, 4) is 0 Å². The third-order valence-electron chi connectivity index (χ3n) is 3.47. The van der Waals surface area contributed by atoms with Crippen molar-refractivity contribution < 1.29 is 14.0 Å². The number of hydrogen-bond acceptors (Lipinski definition) is 2. The van der Waals surface area contributed by atoms with Gasteiger partial charge >= 0.3 is 6.09 Å². The molecule has 0 saturated carbocycles. The number of piperidine rings is 1. The van der Waals surface area contributed by atoms with Crippen LogP contribution in [-0.4, -0.2) is 36.3 Å². The Kier molecular flexibility index (Phi) is 4.00. The summed E-state index contributed by atoms with van der Waals surface area (Å²) in [5.41, 5.74) is -0.375. The number of rotatable bonds is 1. The van der Waals surface area contributed by atoms with Gasteiger partial charge in [-0.3, -0.25) is 0 Å². The fourth-order valence-corrected chi connectivity index (χ4v) is 2.15. The summed E-state index contributed by atoms with van der Waals surface area (Å²) in [4.78, 5) is 12.1. The maximum atomic E-state index is 12.1. The smallest absolute Gasteiger partial charge is 0.414 e. The van der Waals surface area contributed by atoms with Crippen molar-refractivity contribution in [2.45, 2.75) is 52.6 Å². The van der Waals surface area contributed by atoms with Gasteiger partial charge < -0.3 is 4.74 Å². The van der Waals surface area contributed by atoms with Crippen LogP contribution in [0, 0.1) is 5.92 Å². The second-order valence-corrected chi connectivity index (χ2v) is 6.18. The lowest BCUT2D eigenvalue weighted by Gasteiger charge is -2.38. The predicted octanol–water partition coefficient (Wildman–Crippen LogP) is 3.19. The number of amides is 1. The van der Waals surface area contributed by atoms with Gasteiger partial charge in [0, 0.05) is 12.8 Å². The van der Waals surface area contributed by atoms with E-state index in [0.29, 0.717) is 4.48 Å². The average Bonchev–Trinajstić information content (AvgIpc) is 2.16. The molecule has 0 N–H and O–H groups in total. The zero-order valence-corrected chi connectivity index (χ0v) is 11.4. The largest absolute Gasteiger partial charge is 0.516 e. The van der Waals surface area contributed by atoms with Crippen LogP contribution in [-0.2, 0) is 4.74 Å². The molecule has 1 amide bonds. The maximum Gasteiger partial charge on any atom is 0.516 e. The molecule has 1 saturated heterocycles. The highest BCUT2D eigenvalue weighted by molar-refractivity contribution is 5.60. The fraction of sp³-hybridized carbons (Fsp3) is 0.923. The number of quaternary nitrogens is 1. The topological polar surface area (TPSA) is 26.3 Å². The van der Waals surface area contributed by atoms with Crippen molar-refractivity contribution in [1.82, 2.24) is 0 Å². The Morgan fingerprint density at radius 3 is 2.19 bits per heavy atom. The van der Waals surface area contributed by atoms with Crippen LogP contribution in [0.15, 0.2) is 0 Å². The van der Waals surface area contributed by atoms with E-state index in [9.17, 15) is 4.79 Å². The summed E-state index contributed by atoms with van der Waals surface area (Å²) in [5.74, 6) is 0.800. The van der Waals surface area contributed by atoms with E-state index in [0.717, 1.165) is 31.8 Å². The molecule has 16 heavy (non-hydrogen) atoms. The fourth-order valence-electron chi connectivity index (χ4n) is 2.15. The van der Waals surface area contributed by atoms with Gasteiger partial charge in [-0.2, -0.15) is 4.79 Å². The molecule has 0 radical (unpaired) electrons. The highest BCUT2D eigenvalue weighted by atomic mass is 16.6. The van der Waals surface area contributed by atoms with E-state index < -0.39 is 0 Å². The monoisotopic (exact) mass is 228 g/mol. The standard InChI is InChI=1S/C13H26NO2/c1-6-11-7-9-14(5,10-8-11)12(15)16-13(2,3)4/h11H,6-10H2,1-5H3/q+1. The quantitative estimate of drug-likeness (QED) is 0.644. The molecule has 0 aromatic carbocycles. The Hall–Kier alpha value is -0.570. The van der Waals surface area contributed by atoms with Gasteiger partial charge in [-0.15, -0.1) is 0 Å². The lowest BCUT2D eigenvalue weighted by Crippen LogP contribution is -2.55. The Balaban J connectivity index is 2.56. The third-order valence-corrected chi connectivity index (χ3v) is 3.47. The SMILES string of the molecule is CCC1CC[N+](C)(C(=O)OC(C)(C)C)CC1. The second-order valence-electron chi connectivity index (χ2n) is 6.18. The van der Waals surface area contributed by atoms with Gasteiger partial charge in [0.15, 0.2) is 0 Å². The summed E-state index contributed by atoms with van der Waals surface area (Å²) in [5, 5.41) is 0. The molecule has 1 rings (SSSR count). The van der Waals surface area contributed by atoms with Crippen molar-refractivity contribution in [3.63, 3.8) is 0 Å².